The van der Waals surface area contributed by atoms with Crippen molar-refractivity contribution in [2.75, 3.05) is 0 Å². The molecule has 82 valence electrons. The van der Waals surface area contributed by atoms with Crippen molar-refractivity contribution >= 4 is 26.7 Å². The molecule has 3 nitrogen and oxygen atoms in total. The Labute approximate surface area is 100 Å². The highest BCUT2D eigenvalue weighted by Gasteiger charge is 2.32. The van der Waals surface area contributed by atoms with Crippen LogP contribution in [0.25, 0.3) is 10.8 Å². The van der Waals surface area contributed by atoms with Crippen LogP contribution in [-0.4, -0.2) is 16.5 Å². The van der Waals surface area contributed by atoms with Gasteiger partial charge in [-0.15, -0.1) is 0 Å². The minimum atomic E-state index is -1.16. The van der Waals surface area contributed by atoms with Crippen molar-refractivity contribution in [3.63, 3.8) is 0 Å². The van der Waals surface area contributed by atoms with Crippen molar-refractivity contribution in [3.8, 4) is 5.75 Å². The van der Waals surface area contributed by atoms with Crippen LogP contribution in [0.5, 0.6) is 5.75 Å². The first-order chi connectivity index (χ1) is 7.66. The molecule has 16 heavy (non-hydrogen) atoms. The predicted octanol–water partition coefficient (Wildman–Crippen LogP) is 2.35. The summed E-state index contributed by atoms with van der Waals surface area (Å²) in [7, 11) is 0. The second-order valence-electron chi connectivity index (χ2n) is 3.80. The van der Waals surface area contributed by atoms with Gasteiger partial charge in [-0.25, -0.2) is 0 Å². The average Bonchev–Trinajstić information content (AvgIpc) is 2.55. The van der Waals surface area contributed by atoms with Crippen molar-refractivity contribution in [2.45, 2.75) is 12.4 Å². The van der Waals surface area contributed by atoms with Gasteiger partial charge in [-0.2, -0.15) is 0 Å². The standard InChI is InChI=1S/C12H9BrO3/c13-7-2-3-8-6(5-7)1-4-9-10(8)11(14)12(15)16-9/h1-5,11-12,14-15H. The summed E-state index contributed by atoms with van der Waals surface area (Å²) in [4.78, 5) is 0. The quantitative estimate of drug-likeness (QED) is 0.779. The molecule has 0 amide bonds. The summed E-state index contributed by atoms with van der Waals surface area (Å²) in [6.45, 7) is 0. The Morgan fingerprint density at radius 1 is 1.12 bits per heavy atom. The molecule has 1 aliphatic rings. The first-order valence-electron chi connectivity index (χ1n) is 4.92. The van der Waals surface area contributed by atoms with E-state index in [0.717, 1.165) is 15.2 Å². The first kappa shape index (κ1) is 10.1. The zero-order valence-corrected chi connectivity index (χ0v) is 9.81. The van der Waals surface area contributed by atoms with Crippen molar-refractivity contribution in [2.24, 2.45) is 0 Å². The smallest absolute Gasteiger partial charge is 0.228 e. The van der Waals surface area contributed by atoms with Crippen molar-refractivity contribution < 1.29 is 14.9 Å². The van der Waals surface area contributed by atoms with Gasteiger partial charge in [0.05, 0.1) is 0 Å². The maximum atomic E-state index is 9.83. The third-order valence-electron chi connectivity index (χ3n) is 2.80. The number of benzene rings is 2. The minimum absolute atomic E-state index is 0.551. The van der Waals surface area contributed by atoms with Crippen molar-refractivity contribution in [3.05, 3.63) is 40.4 Å². The van der Waals surface area contributed by atoms with Gasteiger partial charge < -0.3 is 14.9 Å². The minimum Gasteiger partial charge on any atom is -0.462 e. The lowest BCUT2D eigenvalue weighted by molar-refractivity contribution is -0.0824. The first-order valence-corrected chi connectivity index (χ1v) is 5.71. The molecule has 0 saturated heterocycles. The van der Waals surface area contributed by atoms with E-state index in [1.165, 1.54) is 0 Å². The molecule has 0 aromatic heterocycles. The Kier molecular flexibility index (Phi) is 2.17. The molecule has 2 N–H and O–H groups in total. The number of hydrogen-bond acceptors (Lipinski definition) is 3. The maximum Gasteiger partial charge on any atom is 0.228 e. The van der Waals surface area contributed by atoms with Gasteiger partial charge >= 0.3 is 0 Å². The van der Waals surface area contributed by atoms with E-state index in [4.69, 9.17) is 4.74 Å². The van der Waals surface area contributed by atoms with Gasteiger partial charge in [0.25, 0.3) is 0 Å². The SMILES string of the molecule is OC1Oc2ccc3cc(Br)ccc3c2C1O. The molecule has 0 fully saturated rings. The van der Waals surface area contributed by atoms with E-state index in [-0.39, 0.29) is 0 Å². The number of rotatable bonds is 0. The number of aliphatic hydroxyl groups is 2. The molecule has 0 bridgehead atoms. The second kappa shape index (κ2) is 3.45. The number of halogens is 1. The fourth-order valence-electron chi connectivity index (χ4n) is 2.05. The van der Waals surface area contributed by atoms with Crippen LogP contribution in [0.4, 0.5) is 0 Å². The van der Waals surface area contributed by atoms with Crippen LogP contribution in [0.3, 0.4) is 0 Å². The lowest BCUT2D eigenvalue weighted by Gasteiger charge is -2.07. The normalized spacial score (nSPS) is 23.2. The Morgan fingerprint density at radius 3 is 2.75 bits per heavy atom. The lowest BCUT2D eigenvalue weighted by Crippen LogP contribution is -2.16. The van der Waals surface area contributed by atoms with Crippen LogP contribution in [-0.2, 0) is 0 Å². The zero-order chi connectivity index (χ0) is 11.3. The Bertz CT molecular complexity index is 567. The molecule has 0 saturated carbocycles. The fourth-order valence-corrected chi connectivity index (χ4v) is 2.43. The molecule has 2 atom stereocenters. The highest BCUT2D eigenvalue weighted by atomic mass is 79.9. The third kappa shape index (κ3) is 1.34. The summed E-state index contributed by atoms with van der Waals surface area (Å²) in [5, 5.41) is 21.2. The Balaban J connectivity index is 2.33. The number of ether oxygens (including phenoxy) is 1. The van der Waals surface area contributed by atoms with E-state index < -0.39 is 12.4 Å². The maximum absolute atomic E-state index is 9.83. The summed E-state index contributed by atoms with van der Waals surface area (Å²) in [6.07, 6.45) is -2.14. The van der Waals surface area contributed by atoms with Crippen LogP contribution in [0.2, 0.25) is 0 Å². The molecular formula is C12H9BrO3. The summed E-state index contributed by atoms with van der Waals surface area (Å²) < 4.78 is 6.13. The molecule has 2 aromatic carbocycles. The van der Waals surface area contributed by atoms with Crippen LogP contribution in [0.1, 0.15) is 11.7 Å². The van der Waals surface area contributed by atoms with Crippen LogP contribution < -0.4 is 4.74 Å². The molecule has 4 heteroatoms. The number of aliphatic hydroxyl groups excluding tert-OH is 2. The van der Waals surface area contributed by atoms with E-state index >= 15 is 0 Å². The summed E-state index contributed by atoms with van der Waals surface area (Å²) in [6, 6.07) is 9.45. The second-order valence-corrected chi connectivity index (χ2v) is 4.71. The molecule has 1 aliphatic heterocycles. The largest absolute Gasteiger partial charge is 0.462 e. The van der Waals surface area contributed by atoms with Crippen molar-refractivity contribution in [1.82, 2.24) is 0 Å². The fraction of sp³-hybridized carbons (Fsp3) is 0.167. The third-order valence-corrected chi connectivity index (χ3v) is 3.29. The zero-order valence-electron chi connectivity index (χ0n) is 8.22. The Hall–Kier alpha value is -1.10. The number of hydrogen-bond donors (Lipinski definition) is 2. The van der Waals surface area contributed by atoms with Crippen LogP contribution in [0.15, 0.2) is 34.8 Å². The van der Waals surface area contributed by atoms with Gasteiger partial charge in [-0.1, -0.05) is 28.1 Å². The van der Waals surface area contributed by atoms with E-state index in [9.17, 15) is 10.2 Å². The van der Waals surface area contributed by atoms with E-state index in [0.29, 0.717) is 11.3 Å². The highest BCUT2D eigenvalue weighted by molar-refractivity contribution is 9.10. The van der Waals surface area contributed by atoms with Gasteiger partial charge in [0.2, 0.25) is 6.29 Å². The summed E-state index contributed by atoms with van der Waals surface area (Å²) in [5.74, 6) is 0.551. The van der Waals surface area contributed by atoms with E-state index in [1.54, 1.807) is 6.07 Å². The molecule has 2 unspecified atom stereocenters. The molecule has 0 aliphatic carbocycles. The highest BCUT2D eigenvalue weighted by Crippen LogP contribution is 2.41. The molecule has 0 spiro atoms. The van der Waals surface area contributed by atoms with Gasteiger partial charge in [-0.3, -0.25) is 0 Å². The molecule has 3 rings (SSSR count). The average molecular weight is 281 g/mol. The summed E-state index contributed by atoms with van der Waals surface area (Å²) >= 11 is 3.40. The molecular weight excluding hydrogens is 272 g/mol. The van der Waals surface area contributed by atoms with Crippen molar-refractivity contribution in [1.29, 1.82) is 0 Å². The lowest BCUT2D eigenvalue weighted by atomic mass is 10.0. The van der Waals surface area contributed by atoms with Crippen LogP contribution >= 0.6 is 15.9 Å². The van der Waals surface area contributed by atoms with Gasteiger partial charge in [0.15, 0.2) is 0 Å². The van der Waals surface area contributed by atoms with E-state index in [2.05, 4.69) is 15.9 Å². The van der Waals surface area contributed by atoms with Gasteiger partial charge in [0.1, 0.15) is 11.9 Å². The molecule has 2 aromatic rings. The summed E-state index contributed by atoms with van der Waals surface area (Å²) in [5.41, 5.74) is 0.664. The van der Waals surface area contributed by atoms with Gasteiger partial charge in [0, 0.05) is 10.0 Å². The van der Waals surface area contributed by atoms with E-state index in [1.807, 2.05) is 24.3 Å². The molecule has 0 radical (unpaired) electrons. The monoisotopic (exact) mass is 280 g/mol. The van der Waals surface area contributed by atoms with Crippen LogP contribution in [0, 0.1) is 0 Å². The number of fused-ring (bicyclic) bond motifs is 3. The predicted molar refractivity (Wildman–Crippen MR) is 63.2 cm³/mol. The van der Waals surface area contributed by atoms with Gasteiger partial charge in [-0.05, 0) is 29.0 Å². The Morgan fingerprint density at radius 2 is 1.94 bits per heavy atom. The topological polar surface area (TPSA) is 49.7 Å². The molecule has 1 heterocycles.